The van der Waals surface area contributed by atoms with Gasteiger partial charge in [-0.25, -0.2) is 8.42 Å². The van der Waals surface area contributed by atoms with Gasteiger partial charge in [-0.05, 0) is 49.6 Å². The molecule has 0 bridgehead atoms. The normalized spacial score (nSPS) is 13.4. The van der Waals surface area contributed by atoms with Gasteiger partial charge < -0.3 is 0 Å². The Morgan fingerprint density at radius 1 is 0.730 bits per heavy atom. The smallest absolute Gasteiger partial charge is 0.242 e. The molecule has 0 spiro atoms. The summed E-state index contributed by atoms with van der Waals surface area (Å²) in [7, 11) is -3.92. The van der Waals surface area contributed by atoms with Gasteiger partial charge in [0.05, 0.1) is 11.5 Å². The Morgan fingerprint density at radius 3 is 1.84 bits per heavy atom. The van der Waals surface area contributed by atoms with Crippen LogP contribution in [0.5, 0.6) is 0 Å². The van der Waals surface area contributed by atoms with E-state index in [2.05, 4.69) is 4.72 Å². The average molecular weight is 515 g/mol. The maximum atomic E-state index is 13.9. The molecule has 0 unspecified atom stereocenters. The monoisotopic (exact) mass is 514 g/mol. The molecule has 37 heavy (non-hydrogen) atoms. The number of nitrogens with zero attached hydrogens (tertiary/aromatic N) is 1. The number of hydrogen-bond acceptors (Lipinski definition) is 4. The summed E-state index contributed by atoms with van der Waals surface area (Å²) in [5, 5.41) is 1.76. The molecule has 6 heteroatoms. The van der Waals surface area contributed by atoms with Crippen molar-refractivity contribution in [2.24, 2.45) is 0 Å². The predicted octanol–water partition coefficient (Wildman–Crippen LogP) is 6.13. The molecule has 5 nitrogen and oxygen atoms in total. The minimum atomic E-state index is -3.92. The zero-order valence-corrected chi connectivity index (χ0v) is 22.4. The molecule has 0 aromatic heterocycles. The summed E-state index contributed by atoms with van der Waals surface area (Å²) in [6.07, 6.45) is 0.366. The molecule has 4 rings (SSSR count). The van der Waals surface area contributed by atoms with Crippen LogP contribution in [0, 0.1) is 13.8 Å². The van der Waals surface area contributed by atoms with Crippen LogP contribution >= 0.6 is 0 Å². The summed E-state index contributed by atoms with van der Waals surface area (Å²) in [4.78, 5) is 6.63. The largest absolute Gasteiger partial charge is 0.292 e. The molecule has 0 fully saturated rings. The summed E-state index contributed by atoms with van der Waals surface area (Å²) < 4.78 is 30.8. The van der Waals surface area contributed by atoms with Crippen molar-refractivity contribution in [2.75, 3.05) is 6.54 Å². The Morgan fingerprint density at radius 2 is 1.27 bits per heavy atom. The average Bonchev–Trinajstić information content (AvgIpc) is 2.91. The van der Waals surface area contributed by atoms with E-state index in [9.17, 15) is 8.42 Å². The Kier molecular flexibility index (Phi) is 8.56. The maximum absolute atomic E-state index is 13.9. The molecular formula is C31H34N2O3S. The summed E-state index contributed by atoms with van der Waals surface area (Å²) >= 11 is 0. The molecule has 0 aliphatic carbocycles. The second kappa shape index (κ2) is 11.8. The van der Waals surface area contributed by atoms with Crippen molar-refractivity contribution in [1.82, 2.24) is 9.79 Å². The zero-order valence-electron chi connectivity index (χ0n) is 21.6. The van der Waals surface area contributed by atoms with Crippen molar-refractivity contribution in [1.29, 1.82) is 0 Å². The summed E-state index contributed by atoms with van der Waals surface area (Å²) in [5.41, 5.74) is 3.74. The third-order valence-corrected chi connectivity index (χ3v) is 7.91. The molecule has 1 atom stereocenters. The summed E-state index contributed by atoms with van der Waals surface area (Å²) in [6, 6.07) is 34.6. The maximum Gasteiger partial charge on any atom is 0.242 e. The molecule has 192 valence electrons. The predicted molar refractivity (Wildman–Crippen MR) is 148 cm³/mol. The first kappa shape index (κ1) is 26.8. The first-order valence-corrected chi connectivity index (χ1v) is 14.0. The minimum Gasteiger partial charge on any atom is -0.292 e. The molecule has 0 aliphatic rings. The number of sulfonamides is 1. The highest BCUT2D eigenvalue weighted by molar-refractivity contribution is 7.89. The lowest BCUT2D eigenvalue weighted by molar-refractivity contribution is -0.238. The van der Waals surface area contributed by atoms with E-state index in [1.807, 2.05) is 106 Å². The zero-order chi connectivity index (χ0) is 26.3. The molecular weight excluding hydrogens is 480 g/mol. The summed E-state index contributed by atoms with van der Waals surface area (Å²) in [5.74, 6) is 0. The third kappa shape index (κ3) is 6.53. The van der Waals surface area contributed by atoms with Crippen LogP contribution in [-0.2, 0) is 33.6 Å². The minimum absolute atomic E-state index is 0.209. The topological polar surface area (TPSA) is 58.6 Å². The molecule has 0 aliphatic heterocycles. The fraction of sp³-hybridized carbons (Fsp3) is 0.226. The quantitative estimate of drug-likeness (QED) is 0.193. The molecule has 4 aromatic rings. The van der Waals surface area contributed by atoms with E-state index < -0.39 is 15.7 Å². The van der Waals surface area contributed by atoms with Crippen molar-refractivity contribution >= 4 is 10.0 Å². The lowest BCUT2D eigenvalue weighted by atomic mass is 9.92. The number of hydroxylamine groups is 2. The fourth-order valence-electron chi connectivity index (χ4n) is 4.39. The van der Waals surface area contributed by atoms with Crippen molar-refractivity contribution in [3.63, 3.8) is 0 Å². The van der Waals surface area contributed by atoms with Gasteiger partial charge in [-0.15, -0.1) is 0 Å². The van der Waals surface area contributed by atoms with E-state index in [0.29, 0.717) is 19.6 Å². The third-order valence-electron chi connectivity index (χ3n) is 6.41. The second-order valence-electron chi connectivity index (χ2n) is 9.26. The van der Waals surface area contributed by atoms with Gasteiger partial charge in [0.25, 0.3) is 0 Å². The van der Waals surface area contributed by atoms with Crippen molar-refractivity contribution in [2.45, 2.75) is 44.4 Å². The van der Waals surface area contributed by atoms with E-state index in [4.69, 9.17) is 4.84 Å². The van der Waals surface area contributed by atoms with Crippen molar-refractivity contribution < 1.29 is 13.3 Å². The van der Waals surface area contributed by atoms with Gasteiger partial charge in [0, 0.05) is 13.0 Å². The molecule has 0 saturated heterocycles. The van der Waals surface area contributed by atoms with Crippen LogP contribution in [0.3, 0.4) is 0 Å². The number of aryl methyl sites for hydroxylation is 2. The summed E-state index contributed by atoms with van der Waals surface area (Å²) in [6.45, 7) is 6.71. The number of nitrogens with one attached hydrogen (secondary N) is 1. The van der Waals surface area contributed by atoms with Gasteiger partial charge in [-0.2, -0.15) is 9.79 Å². The Labute approximate surface area is 220 Å². The van der Waals surface area contributed by atoms with Crippen LogP contribution < -0.4 is 4.72 Å². The second-order valence-corrected chi connectivity index (χ2v) is 10.9. The Hall–Kier alpha value is -3.29. The molecule has 0 radical (unpaired) electrons. The highest BCUT2D eigenvalue weighted by Gasteiger charge is 2.43. The van der Waals surface area contributed by atoms with Crippen LogP contribution in [0.4, 0.5) is 0 Å². The van der Waals surface area contributed by atoms with Crippen LogP contribution in [0.2, 0.25) is 0 Å². The fourth-order valence-corrected chi connectivity index (χ4v) is 5.74. The lowest BCUT2D eigenvalue weighted by Crippen LogP contribution is -2.59. The Balaban J connectivity index is 1.81. The van der Waals surface area contributed by atoms with Gasteiger partial charge in [0.15, 0.2) is 0 Å². The Bertz CT molecular complexity index is 1370. The molecule has 0 amide bonds. The molecule has 0 saturated carbocycles. The van der Waals surface area contributed by atoms with Crippen LogP contribution in [-0.4, -0.2) is 20.0 Å². The van der Waals surface area contributed by atoms with Crippen LogP contribution in [0.1, 0.15) is 34.7 Å². The number of rotatable bonds is 11. The first-order valence-electron chi connectivity index (χ1n) is 12.5. The van der Waals surface area contributed by atoms with Gasteiger partial charge in [0.1, 0.15) is 5.66 Å². The highest BCUT2D eigenvalue weighted by atomic mass is 32.2. The van der Waals surface area contributed by atoms with E-state index in [1.165, 1.54) is 5.56 Å². The SMILES string of the molecule is CCN(OCc1ccc(C)cc1)[C@@](Cc1ccccc1)(NS(=O)(=O)c1ccc(C)cc1)c1ccccc1. The van der Waals surface area contributed by atoms with Crippen LogP contribution in [0.15, 0.2) is 114 Å². The van der Waals surface area contributed by atoms with Gasteiger partial charge in [-0.1, -0.05) is 108 Å². The molecule has 0 heterocycles. The number of hydrogen-bond donors (Lipinski definition) is 1. The van der Waals surface area contributed by atoms with E-state index >= 15 is 0 Å². The highest BCUT2D eigenvalue weighted by Crippen LogP contribution is 2.33. The molecule has 1 N–H and O–H groups in total. The van der Waals surface area contributed by atoms with Gasteiger partial charge >= 0.3 is 0 Å². The lowest BCUT2D eigenvalue weighted by Gasteiger charge is -2.43. The van der Waals surface area contributed by atoms with E-state index in [0.717, 1.165) is 22.3 Å². The standard InChI is InChI=1S/C31H34N2O3S/c1-4-33(36-24-28-19-15-25(2)16-20-28)31(29-13-9-6-10-14-29,23-27-11-7-5-8-12-27)32-37(34,35)30-21-17-26(3)18-22-30/h5-22,32H,4,23-24H2,1-3H3/t31-/m1/s1. The van der Waals surface area contributed by atoms with E-state index in [1.54, 1.807) is 29.3 Å². The van der Waals surface area contributed by atoms with Crippen molar-refractivity contribution in [3.8, 4) is 0 Å². The van der Waals surface area contributed by atoms with Gasteiger partial charge in [-0.3, -0.25) is 4.84 Å². The van der Waals surface area contributed by atoms with Crippen molar-refractivity contribution in [3.05, 3.63) is 137 Å². The number of benzene rings is 4. The first-order chi connectivity index (χ1) is 17.8. The molecule has 4 aromatic carbocycles. The van der Waals surface area contributed by atoms with E-state index in [-0.39, 0.29) is 4.90 Å². The van der Waals surface area contributed by atoms with Crippen LogP contribution in [0.25, 0.3) is 0 Å². The van der Waals surface area contributed by atoms with Gasteiger partial charge in [0.2, 0.25) is 10.0 Å². The number of likely N-dealkylation sites (N-methyl/N-ethyl adjacent to an activating group) is 1.